The van der Waals surface area contributed by atoms with Crippen molar-refractivity contribution in [3.8, 4) is 5.75 Å². The van der Waals surface area contributed by atoms with Crippen LogP contribution in [0.4, 0.5) is 17.2 Å². The van der Waals surface area contributed by atoms with E-state index in [2.05, 4.69) is 33.0 Å². The molecule has 3 aromatic rings. The van der Waals surface area contributed by atoms with Crippen LogP contribution in [-0.2, 0) is 17.6 Å². The number of methoxy groups -OCH3 is 1. The molecule has 12 heteroatoms. The summed E-state index contributed by atoms with van der Waals surface area (Å²) in [6, 6.07) is 3.39. The van der Waals surface area contributed by atoms with Gasteiger partial charge in [-0.2, -0.15) is 5.11 Å². The highest BCUT2D eigenvalue weighted by Gasteiger charge is 2.37. The lowest BCUT2D eigenvalue weighted by Crippen LogP contribution is -2.37. The molecule has 178 valence electrons. The van der Waals surface area contributed by atoms with Crippen LogP contribution in [0, 0.1) is 11.4 Å². The third kappa shape index (κ3) is 4.00. The second kappa shape index (κ2) is 9.10. The van der Waals surface area contributed by atoms with Crippen molar-refractivity contribution >= 4 is 57.3 Å². The van der Waals surface area contributed by atoms with E-state index in [4.69, 9.17) is 10.3 Å². The molecule has 0 bridgehead atoms. The van der Waals surface area contributed by atoms with Gasteiger partial charge in [0.25, 0.3) is 0 Å². The quantitative estimate of drug-likeness (QED) is 0.267. The minimum absolute atomic E-state index is 0.0194. The van der Waals surface area contributed by atoms with Gasteiger partial charge in [-0.3, -0.25) is 4.79 Å². The third-order valence-electron chi connectivity index (χ3n) is 6.44. The van der Waals surface area contributed by atoms with Crippen LogP contribution in [0.3, 0.4) is 0 Å². The molecule has 34 heavy (non-hydrogen) atoms. The Hall–Kier alpha value is -2.80. The minimum atomic E-state index is -0.880. The summed E-state index contributed by atoms with van der Waals surface area (Å²) in [7, 11) is 1.55. The first-order valence-corrected chi connectivity index (χ1v) is 12.1. The number of thiophene rings is 1. The zero-order chi connectivity index (χ0) is 24.0. The number of nitrogens with one attached hydrogen (secondary N) is 2. The van der Waals surface area contributed by atoms with Gasteiger partial charge in [-0.15, -0.1) is 24.0 Å². The van der Waals surface area contributed by atoms with Gasteiger partial charge in [0.05, 0.1) is 30.4 Å². The average Bonchev–Trinajstić information content (AvgIpc) is 3.38. The van der Waals surface area contributed by atoms with E-state index in [1.165, 1.54) is 6.33 Å². The van der Waals surface area contributed by atoms with Crippen LogP contribution >= 0.6 is 24.0 Å². The topological polar surface area (TPSA) is 144 Å². The summed E-state index contributed by atoms with van der Waals surface area (Å²) < 4.78 is 5.47. The van der Waals surface area contributed by atoms with E-state index in [-0.39, 0.29) is 24.9 Å². The van der Waals surface area contributed by atoms with E-state index in [1.54, 1.807) is 35.5 Å². The number of anilines is 2. The Morgan fingerprint density at radius 1 is 1.32 bits per heavy atom. The number of aliphatic hydroxyl groups excluding tert-OH is 2. The Balaban J connectivity index is 1.44. The number of likely N-dealkylation sites (tertiary alicyclic amines) is 1. The lowest BCUT2D eigenvalue weighted by atomic mass is 9.87. The number of nitrogens with zero attached hydrogens (tertiary/aromatic N) is 4. The van der Waals surface area contributed by atoms with Crippen molar-refractivity contribution in [2.45, 2.75) is 36.4 Å². The number of amides is 1. The molecule has 1 aliphatic carbocycles. The molecule has 1 fully saturated rings. The van der Waals surface area contributed by atoms with E-state index in [0.29, 0.717) is 47.1 Å². The largest absolute Gasteiger partial charge is 0.494 e. The zero-order valence-corrected chi connectivity index (χ0v) is 20.1. The lowest BCUT2D eigenvalue weighted by Gasteiger charge is -2.26. The first kappa shape index (κ1) is 23.0. The first-order chi connectivity index (χ1) is 16.4. The van der Waals surface area contributed by atoms with Gasteiger partial charge >= 0.3 is 0 Å². The normalized spacial score (nSPS) is 22.0. The predicted molar refractivity (Wildman–Crippen MR) is 130 cm³/mol. The second-order valence-corrected chi connectivity index (χ2v) is 10.1. The molecule has 3 unspecified atom stereocenters. The smallest absolute Gasteiger partial charge is 0.226 e. The number of hydrogen-bond acceptors (Lipinski definition) is 11. The number of β-amino-alcohol motifs (C(OH)–C–C–N with tert-alkyl or cyclic N) is 2. The van der Waals surface area contributed by atoms with Gasteiger partial charge in [0.1, 0.15) is 28.4 Å². The maximum atomic E-state index is 13.0. The fraction of sp³-hybridized carbons (Fsp3) is 0.409. The highest BCUT2D eigenvalue weighted by molar-refractivity contribution is 7.80. The van der Waals surface area contributed by atoms with Crippen LogP contribution in [0.25, 0.3) is 10.2 Å². The number of thiol groups is 1. The molecule has 0 radical (unpaired) electrons. The van der Waals surface area contributed by atoms with Crippen LogP contribution < -0.4 is 10.1 Å². The van der Waals surface area contributed by atoms with Crippen molar-refractivity contribution in [1.82, 2.24) is 14.9 Å². The fourth-order valence-corrected chi connectivity index (χ4v) is 6.18. The molecule has 1 amide bonds. The molecule has 1 aromatic carbocycles. The van der Waals surface area contributed by atoms with Gasteiger partial charge in [-0.1, -0.05) is 0 Å². The van der Waals surface area contributed by atoms with E-state index in [1.807, 2.05) is 0 Å². The molecule has 1 aliphatic heterocycles. The zero-order valence-electron chi connectivity index (χ0n) is 18.4. The fourth-order valence-electron chi connectivity index (χ4n) is 4.66. The second-order valence-electron chi connectivity index (χ2n) is 8.50. The molecular formula is C22H24N6O4S2. The molecule has 3 atom stereocenters. The van der Waals surface area contributed by atoms with Crippen molar-refractivity contribution < 1.29 is 19.7 Å². The van der Waals surface area contributed by atoms with Crippen molar-refractivity contribution in [2.75, 3.05) is 25.5 Å². The molecule has 0 saturated carbocycles. The number of aryl methyl sites for hydroxylation is 1. The Kier molecular flexibility index (Phi) is 6.15. The van der Waals surface area contributed by atoms with Gasteiger partial charge in [0.15, 0.2) is 0 Å². The van der Waals surface area contributed by atoms with Crippen LogP contribution in [0.2, 0.25) is 0 Å². The number of hydrogen-bond donors (Lipinski definition) is 5. The number of benzene rings is 1. The summed E-state index contributed by atoms with van der Waals surface area (Å²) in [4.78, 5) is 26.0. The van der Waals surface area contributed by atoms with Gasteiger partial charge in [0, 0.05) is 34.8 Å². The summed E-state index contributed by atoms with van der Waals surface area (Å²) in [6.07, 6.45) is 1.73. The summed E-state index contributed by atoms with van der Waals surface area (Å²) in [5.41, 5.74) is 9.48. The molecule has 2 aliphatic rings. The lowest BCUT2D eigenvalue weighted by molar-refractivity contribution is -0.135. The molecule has 4 N–H and O–H groups in total. The molecule has 3 heterocycles. The average molecular weight is 501 g/mol. The summed E-state index contributed by atoms with van der Waals surface area (Å²) in [5.74, 6) is 0.949. The maximum Gasteiger partial charge on any atom is 0.226 e. The Morgan fingerprint density at radius 3 is 2.79 bits per heavy atom. The third-order valence-corrected chi connectivity index (χ3v) is 7.96. The van der Waals surface area contributed by atoms with Crippen LogP contribution in [0.15, 0.2) is 28.5 Å². The highest BCUT2D eigenvalue weighted by Crippen LogP contribution is 2.42. The maximum absolute atomic E-state index is 13.0. The van der Waals surface area contributed by atoms with Gasteiger partial charge in [0.2, 0.25) is 5.91 Å². The van der Waals surface area contributed by atoms with Crippen LogP contribution in [0.5, 0.6) is 5.75 Å². The number of aromatic nitrogens is 2. The molecule has 1 saturated heterocycles. The Bertz CT molecular complexity index is 1270. The molecule has 5 rings (SSSR count). The van der Waals surface area contributed by atoms with Crippen LogP contribution in [-0.4, -0.2) is 63.4 Å². The molecule has 0 spiro atoms. The Morgan fingerprint density at radius 2 is 2.09 bits per heavy atom. The van der Waals surface area contributed by atoms with E-state index in [0.717, 1.165) is 20.7 Å². The van der Waals surface area contributed by atoms with Crippen LogP contribution in [0.1, 0.15) is 16.9 Å². The number of aliphatic hydroxyl groups is 2. The van der Waals surface area contributed by atoms with Crippen molar-refractivity contribution in [3.63, 3.8) is 0 Å². The number of ether oxygens (including phenoxy) is 1. The Labute approximate surface area is 204 Å². The van der Waals surface area contributed by atoms with Gasteiger partial charge in [-0.05, 0) is 30.9 Å². The monoisotopic (exact) mass is 500 g/mol. The minimum Gasteiger partial charge on any atom is -0.494 e. The standard InChI is InChI=1S/C22H24N6O4S2/c1-32-16-5-13(27-23)17(33)6-12(16)26-20-19-11-3-2-10(4-18(11)34-21(19)25-9-24-20)22(31)28-7-14(29)15(30)8-28/h5-6,9-10,14-15,23,29-30,33H,2-4,7-8H2,1H3,(H,24,25,26). The van der Waals surface area contributed by atoms with E-state index >= 15 is 0 Å². The summed E-state index contributed by atoms with van der Waals surface area (Å²) in [5, 5.41) is 27.4. The molecule has 2 aromatic heterocycles. The van der Waals surface area contributed by atoms with Gasteiger partial charge in [-0.25, -0.2) is 15.5 Å². The van der Waals surface area contributed by atoms with Crippen molar-refractivity contribution in [1.29, 1.82) is 5.53 Å². The molecule has 10 nitrogen and oxygen atoms in total. The van der Waals surface area contributed by atoms with Crippen molar-refractivity contribution in [2.24, 2.45) is 11.0 Å². The first-order valence-electron chi connectivity index (χ1n) is 10.8. The number of carbonyl (C=O) groups excluding carboxylic acids is 1. The number of carbonyl (C=O) groups is 1. The molecular weight excluding hydrogens is 476 g/mol. The highest BCUT2D eigenvalue weighted by atomic mass is 32.1. The van der Waals surface area contributed by atoms with Gasteiger partial charge < -0.3 is 25.2 Å². The predicted octanol–water partition coefficient (Wildman–Crippen LogP) is 3.06. The SMILES string of the molecule is COc1cc(N=N)c(S)cc1Nc1ncnc2sc3c(c12)CCC(C(=O)N1CC(O)C(O)C1)C3. The van der Waals surface area contributed by atoms with Crippen molar-refractivity contribution in [3.05, 3.63) is 28.9 Å². The summed E-state index contributed by atoms with van der Waals surface area (Å²) >= 11 is 5.97. The number of rotatable bonds is 5. The summed E-state index contributed by atoms with van der Waals surface area (Å²) in [6.45, 7) is 0.354. The number of fused-ring (bicyclic) bond motifs is 3. The van der Waals surface area contributed by atoms with E-state index < -0.39 is 12.2 Å². The van der Waals surface area contributed by atoms with E-state index in [9.17, 15) is 15.0 Å².